The molecule has 0 bridgehead atoms. The van der Waals surface area contributed by atoms with E-state index in [1.807, 2.05) is 0 Å². The SMILES string of the molecule is COCCn1c(SCC(=O)N(C2CCCCC2)C2CCCCC2)nc2sc3c(c2c1=O)CCCC3. The van der Waals surface area contributed by atoms with Gasteiger partial charge in [0.2, 0.25) is 5.91 Å². The van der Waals surface area contributed by atoms with Crippen LogP contribution in [0.5, 0.6) is 0 Å². The van der Waals surface area contributed by atoms with Gasteiger partial charge < -0.3 is 9.64 Å². The predicted octanol–water partition coefficient (Wildman–Crippen LogP) is 5.57. The first-order chi connectivity index (χ1) is 17.2. The molecular weight excluding hydrogens is 478 g/mol. The zero-order valence-corrected chi connectivity index (χ0v) is 22.7. The minimum atomic E-state index is 0.0396. The minimum Gasteiger partial charge on any atom is -0.383 e. The molecule has 2 saturated carbocycles. The summed E-state index contributed by atoms with van der Waals surface area (Å²) in [5, 5.41) is 1.47. The number of aromatic nitrogens is 2. The number of amides is 1. The van der Waals surface area contributed by atoms with Gasteiger partial charge in [0, 0.05) is 24.1 Å². The molecule has 2 heterocycles. The van der Waals surface area contributed by atoms with Gasteiger partial charge in [-0.15, -0.1) is 11.3 Å². The summed E-state index contributed by atoms with van der Waals surface area (Å²) in [6, 6.07) is 0.769. The first-order valence-electron chi connectivity index (χ1n) is 13.7. The smallest absolute Gasteiger partial charge is 0.263 e. The van der Waals surface area contributed by atoms with Crippen LogP contribution < -0.4 is 5.56 Å². The Labute approximate surface area is 216 Å². The Morgan fingerprint density at radius 2 is 1.69 bits per heavy atom. The molecule has 3 aliphatic rings. The highest BCUT2D eigenvalue weighted by Crippen LogP contribution is 2.35. The maximum atomic E-state index is 13.7. The Hall–Kier alpha value is -1.38. The van der Waals surface area contributed by atoms with Crippen LogP contribution in [0.25, 0.3) is 10.2 Å². The van der Waals surface area contributed by atoms with Crippen molar-refractivity contribution in [2.24, 2.45) is 0 Å². The summed E-state index contributed by atoms with van der Waals surface area (Å²) in [4.78, 5) is 36.8. The summed E-state index contributed by atoms with van der Waals surface area (Å²) in [6.45, 7) is 0.922. The Morgan fingerprint density at radius 3 is 2.34 bits per heavy atom. The van der Waals surface area contributed by atoms with Crippen molar-refractivity contribution in [1.82, 2.24) is 14.5 Å². The van der Waals surface area contributed by atoms with Gasteiger partial charge in [-0.05, 0) is 56.9 Å². The average molecular weight is 518 g/mol. The molecule has 0 unspecified atom stereocenters. The topological polar surface area (TPSA) is 64.4 Å². The molecule has 0 N–H and O–H groups in total. The van der Waals surface area contributed by atoms with Crippen molar-refractivity contribution >= 4 is 39.2 Å². The van der Waals surface area contributed by atoms with Crippen molar-refractivity contribution in [3.8, 4) is 0 Å². The van der Waals surface area contributed by atoms with Gasteiger partial charge in [-0.25, -0.2) is 4.98 Å². The third kappa shape index (κ3) is 5.49. The Kier molecular flexibility index (Phi) is 8.51. The van der Waals surface area contributed by atoms with Crippen LogP contribution in [0.15, 0.2) is 9.95 Å². The lowest BCUT2D eigenvalue weighted by Crippen LogP contribution is -2.49. The molecule has 5 rings (SSSR count). The van der Waals surface area contributed by atoms with E-state index in [-0.39, 0.29) is 11.5 Å². The average Bonchev–Trinajstić information content (AvgIpc) is 3.27. The van der Waals surface area contributed by atoms with Crippen LogP contribution >= 0.6 is 23.1 Å². The predicted molar refractivity (Wildman–Crippen MR) is 144 cm³/mol. The zero-order chi connectivity index (χ0) is 24.2. The van der Waals surface area contributed by atoms with E-state index in [1.54, 1.807) is 23.0 Å². The highest BCUT2D eigenvalue weighted by Gasteiger charge is 2.32. The number of ether oxygens (including phenoxy) is 1. The number of rotatable bonds is 8. The zero-order valence-electron chi connectivity index (χ0n) is 21.1. The van der Waals surface area contributed by atoms with Gasteiger partial charge in [-0.1, -0.05) is 50.3 Å². The third-order valence-corrected chi connectivity index (χ3v) is 10.3. The number of hydrogen-bond acceptors (Lipinski definition) is 6. The van der Waals surface area contributed by atoms with Gasteiger partial charge in [0.15, 0.2) is 5.16 Å². The van der Waals surface area contributed by atoms with Crippen molar-refractivity contribution in [2.75, 3.05) is 19.5 Å². The van der Waals surface area contributed by atoms with E-state index in [0.717, 1.165) is 55.2 Å². The molecular formula is C27H39N3O3S2. The number of aryl methyl sites for hydroxylation is 2. The van der Waals surface area contributed by atoms with Crippen LogP contribution in [-0.2, 0) is 28.9 Å². The minimum absolute atomic E-state index is 0.0396. The van der Waals surface area contributed by atoms with E-state index in [4.69, 9.17) is 9.72 Å². The van der Waals surface area contributed by atoms with Crippen LogP contribution in [-0.4, -0.2) is 51.9 Å². The van der Waals surface area contributed by atoms with Crippen molar-refractivity contribution in [1.29, 1.82) is 0 Å². The quantitative estimate of drug-likeness (QED) is 0.338. The molecule has 6 nitrogen and oxygen atoms in total. The van der Waals surface area contributed by atoms with Crippen molar-refractivity contribution < 1.29 is 9.53 Å². The lowest BCUT2D eigenvalue weighted by molar-refractivity contribution is -0.135. The standard InChI is InChI=1S/C27H39N3O3S2/c1-33-17-16-29-26(32)24-21-14-8-9-15-22(21)35-25(24)28-27(29)34-18-23(31)30(19-10-4-2-5-11-19)20-12-6-3-7-13-20/h19-20H,2-18H2,1H3. The van der Waals surface area contributed by atoms with E-state index in [0.29, 0.717) is 36.1 Å². The second-order valence-corrected chi connectivity index (χ2v) is 12.4. The molecule has 3 aliphatic carbocycles. The summed E-state index contributed by atoms with van der Waals surface area (Å²) in [7, 11) is 1.66. The Bertz CT molecular complexity index is 1070. The number of thioether (sulfide) groups is 1. The number of carbonyl (C=O) groups excluding carboxylic acids is 1. The summed E-state index contributed by atoms with van der Waals surface area (Å²) in [6.07, 6.45) is 16.4. The molecule has 2 fully saturated rings. The molecule has 0 saturated heterocycles. The van der Waals surface area contributed by atoms with Crippen LogP contribution in [0.3, 0.4) is 0 Å². The van der Waals surface area contributed by atoms with Gasteiger partial charge in [0.25, 0.3) is 5.56 Å². The third-order valence-electron chi connectivity index (χ3n) is 8.11. The molecule has 0 spiro atoms. The first kappa shape index (κ1) is 25.3. The summed E-state index contributed by atoms with van der Waals surface area (Å²) >= 11 is 3.13. The van der Waals surface area contributed by atoms with E-state index < -0.39 is 0 Å². The van der Waals surface area contributed by atoms with Crippen LogP contribution in [0.2, 0.25) is 0 Å². The number of fused-ring (bicyclic) bond motifs is 3. The molecule has 2 aromatic heterocycles. The summed E-state index contributed by atoms with van der Waals surface area (Å²) < 4.78 is 7.08. The molecule has 0 radical (unpaired) electrons. The largest absolute Gasteiger partial charge is 0.383 e. The van der Waals surface area contributed by atoms with Crippen molar-refractivity contribution in [3.05, 3.63) is 20.8 Å². The molecule has 192 valence electrons. The maximum absolute atomic E-state index is 13.7. The lowest BCUT2D eigenvalue weighted by atomic mass is 9.88. The van der Waals surface area contributed by atoms with Gasteiger partial charge >= 0.3 is 0 Å². The fourth-order valence-corrected chi connectivity index (χ4v) is 8.53. The lowest BCUT2D eigenvalue weighted by Gasteiger charge is -2.41. The highest BCUT2D eigenvalue weighted by atomic mass is 32.2. The fourth-order valence-electron chi connectivity index (χ4n) is 6.33. The number of carbonyl (C=O) groups is 1. The molecule has 2 aromatic rings. The number of methoxy groups -OCH3 is 1. The van der Waals surface area contributed by atoms with Crippen LogP contribution in [0, 0.1) is 0 Å². The molecule has 1 amide bonds. The van der Waals surface area contributed by atoms with Gasteiger partial charge in [0.1, 0.15) is 4.83 Å². The van der Waals surface area contributed by atoms with Gasteiger partial charge in [-0.3, -0.25) is 14.2 Å². The number of hydrogen-bond donors (Lipinski definition) is 0. The van der Waals surface area contributed by atoms with E-state index in [1.165, 1.54) is 67.1 Å². The van der Waals surface area contributed by atoms with Gasteiger partial charge in [-0.2, -0.15) is 0 Å². The molecule has 0 aromatic carbocycles. The number of nitrogens with zero attached hydrogens (tertiary/aromatic N) is 3. The Morgan fingerprint density at radius 1 is 1.03 bits per heavy atom. The van der Waals surface area contributed by atoms with Crippen LogP contribution in [0.1, 0.15) is 87.5 Å². The molecule has 0 aliphatic heterocycles. The monoisotopic (exact) mass is 517 g/mol. The maximum Gasteiger partial charge on any atom is 0.263 e. The number of thiophene rings is 1. The van der Waals surface area contributed by atoms with E-state index >= 15 is 0 Å². The van der Waals surface area contributed by atoms with Gasteiger partial charge in [0.05, 0.1) is 24.3 Å². The highest BCUT2D eigenvalue weighted by molar-refractivity contribution is 7.99. The van der Waals surface area contributed by atoms with Crippen LogP contribution in [0.4, 0.5) is 0 Å². The first-order valence-corrected chi connectivity index (χ1v) is 15.5. The summed E-state index contributed by atoms with van der Waals surface area (Å²) in [5.41, 5.74) is 1.26. The second-order valence-electron chi connectivity index (χ2n) is 10.4. The fraction of sp³-hybridized carbons (Fsp3) is 0.741. The Balaban J connectivity index is 1.41. The van der Waals surface area contributed by atoms with Crippen molar-refractivity contribution in [2.45, 2.75) is 114 Å². The van der Waals surface area contributed by atoms with E-state index in [9.17, 15) is 9.59 Å². The van der Waals surface area contributed by atoms with E-state index in [2.05, 4.69) is 4.90 Å². The van der Waals surface area contributed by atoms with Crippen molar-refractivity contribution in [3.63, 3.8) is 0 Å². The molecule has 8 heteroatoms. The molecule has 35 heavy (non-hydrogen) atoms. The summed E-state index contributed by atoms with van der Waals surface area (Å²) in [5.74, 6) is 0.579. The molecule has 0 atom stereocenters. The second kappa shape index (κ2) is 11.8. The normalized spacial score (nSPS) is 19.7.